The Morgan fingerprint density at radius 1 is 1.56 bits per heavy atom. The fraction of sp³-hybridized carbons (Fsp3) is 0.333. The topological polar surface area (TPSA) is 50.2 Å². The predicted molar refractivity (Wildman–Crippen MR) is 63.1 cm³/mol. The van der Waals surface area contributed by atoms with Crippen molar-refractivity contribution in [1.29, 1.82) is 0 Å². The highest BCUT2D eigenvalue weighted by Gasteiger charge is 2.36. The minimum Gasteiger partial charge on any atom is -0.478 e. The molecule has 82 valence electrons. The Bertz CT molecular complexity index is 575. The van der Waals surface area contributed by atoms with Gasteiger partial charge in [-0.2, -0.15) is 0 Å². The van der Waals surface area contributed by atoms with Crippen LogP contribution >= 0.6 is 11.3 Å². The Morgan fingerprint density at radius 2 is 2.31 bits per heavy atom. The molecule has 1 heterocycles. The number of thiazole rings is 1. The van der Waals surface area contributed by atoms with E-state index >= 15 is 0 Å². The third-order valence-corrected chi connectivity index (χ3v) is 4.23. The van der Waals surface area contributed by atoms with Crippen LogP contribution in [-0.4, -0.2) is 16.1 Å². The number of benzene rings is 1. The van der Waals surface area contributed by atoms with Gasteiger partial charge >= 0.3 is 5.97 Å². The average molecular weight is 233 g/mol. The maximum atomic E-state index is 10.8. The van der Waals surface area contributed by atoms with Gasteiger partial charge in [0.15, 0.2) is 0 Å². The predicted octanol–water partition coefficient (Wildman–Crippen LogP) is 3.12. The van der Waals surface area contributed by atoms with Crippen molar-refractivity contribution in [3.05, 3.63) is 28.8 Å². The molecule has 1 saturated carbocycles. The molecule has 0 amide bonds. The Labute approximate surface area is 96.7 Å². The smallest absolute Gasteiger partial charge is 0.335 e. The molecule has 1 aromatic heterocycles. The summed E-state index contributed by atoms with van der Waals surface area (Å²) in [5.74, 6) is 0.460. The quantitative estimate of drug-likeness (QED) is 0.867. The maximum Gasteiger partial charge on any atom is 0.335 e. The summed E-state index contributed by atoms with van der Waals surface area (Å²) in [7, 11) is 0. The van der Waals surface area contributed by atoms with Crippen LogP contribution in [0.3, 0.4) is 0 Å². The molecule has 2 aromatic rings. The van der Waals surface area contributed by atoms with Crippen molar-refractivity contribution in [3.8, 4) is 0 Å². The van der Waals surface area contributed by atoms with E-state index in [0.29, 0.717) is 11.5 Å². The van der Waals surface area contributed by atoms with Crippen LogP contribution in [0.15, 0.2) is 18.2 Å². The van der Waals surface area contributed by atoms with Gasteiger partial charge in [0.2, 0.25) is 0 Å². The Balaban J connectivity index is 2.07. The van der Waals surface area contributed by atoms with Gasteiger partial charge in [0, 0.05) is 5.92 Å². The van der Waals surface area contributed by atoms with Crippen LogP contribution in [0.25, 0.3) is 10.2 Å². The van der Waals surface area contributed by atoms with Crippen molar-refractivity contribution in [2.24, 2.45) is 5.92 Å². The molecule has 0 radical (unpaired) electrons. The van der Waals surface area contributed by atoms with E-state index in [2.05, 4.69) is 11.9 Å². The molecule has 0 saturated heterocycles. The zero-order chi connectivity index (χ0) is 11.3. The van der Waals surface area contributed by atoms with E-state index in [4.69, 9.17) is 5.11 Å². The third kappa shape index (κ3) is 1.50. The van der Waals surface area contributed by atoms with Gasteiger partial charge in [-0.25, -0.2) is 9.78 Å². The summed E-state index contributed by atoms with van der Waals surface area (Å²) in [4.78, 5) is 15.4. The number of hydrogen-bond acceptors (Lipinski definition) is 3. The zero-order valence-corrected chi connectivity index (χ0v) is 9.62. The summed E-state index contributed by atoms with van der Waals surface area (Å²) in [6.45, 7) is 2.22. The molecule has 2 atom stereocenters. The fourth-order valence-electron chi connectivity index (χ4n) is 1.90. The molecule has 3 rings (SSSR count). The van der Waals surface area contributed by atoms with Gasteiger partial charge in [-0.3, -0.25) is 0 Å². The molecule has 0 spiro atoms. The molecule has 1 N–H and O–H groups in total. The summed E-state index contributed by atoms with van der Waals surface area (Å²) in [5.41, 5.74) is 1.26. The number of aromatic carboxylic acids is 1. The molecule has 0 bridgehead atoms. The van der Waals surface area contributed by atoms with Crippen LogP contribution in [0.1, 0.15) is 34.6 Å². The molecule has 1 aliphatic carbocycles. The van der Waals surface area contributed by atoms with Crippen molar-refractivity contribution in [1.82, 2.24) is 4.98 Å². The molecule has 1 aromatic carbocycles. The van der Waals surface area contributed by atoms with E-state index in [1.165, 1.54) is 6.42 Å². The number of rotatable bonds is 2. The van der Waals surface area contributed by atoms with Gasteiger partial charge < -0.3 is 5.11 Å². The summed E-state index contributed by atoms with van der Waals surface area (Å²) in [6, 6.07) is 5.13. The fourth-order valence-corrected chi connectivity index (χ4v) is 3.15. The van der Waals surface area contributed by atoms with Crippen molar-refractivity contribution in [2.75, 3.05) is 0 Å². The van der Waals surface area contributed by atoms with Crippen LogP contribution in [-0.2, 0) is 0 Å². The first kappa shape index (κ1) is 9.78. The largest absolute Gasteiger partial charge is 0.478 e. The standard InChI is InChI=1S/C12H11NO2S/c1-6-4-8(6)11-13-9-3-2-7(12(14)15)5-10(9)16-11/h2-3,5-6,8H,4H2,1H3,(H,14,15). The summed E-state index contributed by atoms with van der Waals surface area (Å²) >= 11 is 1.63. The summed E-state index contributed by atoms with van der Waals surface area (Å²) in [6.07, 6.45) is 1.21. The van der Waals surface area contributed by atoms with E-state index in [0.717, 1.165) is 21.1 Å². The van der Waals surface area contributed by atoms with E-state index in [1.807, 2.05) is 0 Å². The van der Waals surface area contributed by atoms with Crippen LogP contribution in [0, 0.1) is 5.92 Å². The minimum atomic E-state index is -0.878. The normalized spacial score (nSPS) is 23.6. The second-order valence-electron chi connectivity index (χ2n) is 4.36. The van der Waals surface area contributed by atoms with Crippen LogP contribution in [0.4, 0.5) is 0 Å². The molecule has 3 nitrogen and oxygen atoms in total. The van der Waals surface area contributed by atoms with E-state index < -0.39 is 5.97 Å². The Hall–Kier alpha value is -1.42. The van der Waals surface area contributed by atoms with Gasteiger partial charge in [-0.1, -0.05) is 6.92 Å². The summed E-state index contributed by atoms with van der Waals surface area (Å²) in [5, 5.41) is 10.1. The minimum absolute atomic E-state index is 0.339. The first-order chi connectivity index (χ1) is 7.65. The number of hydrogen-bond donors (Lipinski definition) is 1. The zero-order valence-electron chi connectivity index (χ0n) is 8.80. The van der Waals surface area contributed by atoms with Crippen LogP contribution in [0.2, 0.25) is 0 Å². The van der Waals surface area contributed by atoms with Gasteiger partial charge in [-0.15, -0.1) is 11.3 Å². The SMILES string of the molecule is CC1CC1c1nc2ccc(C(=O)O)cc2s1. The monoisotopic (exact) mass is 233 g/mol. The first-order valence-electron chi connectivity index (χ1n) is 5.29. The second-order valence-corrected chi connectivity index (χ2v) is 5.42. The number of carbonyl (C=O) groups is 1. The Kier molecular flexibility index (Phi) is 2.01. The van der Waals surface area contributed by atoms with Crippen molar-refractivity contribution < 1.29 is 9.90 Å². The molecular weight excluding hydrogens is 222 g/mol. The first-order valence-corrected chi connectivity index (χ1v) is 6.10. The molecule has 1 aliphatic rings. The van der Waals surface area contributed by atoms with E-state index in [-0.39, 0.29) is 0 Å². The van der Waals surface area contributed by atoms with Crippen molar-refractivity contribution in [2.45, 2.75) is 19.3 Å². The molecule has 0 aliphatic heterocycles. The average Bonchev–Trinajstić information content (AvgIpc) is 2.84. The van der Waals surface area contributed by atoms with E-state index in [1.54, 1.807) is 29.5 Å². The van der Waals surface area contributed by atoms with Gasteiger partial charge in [0.05, 0.1) is 20.8 Å². The lowest BCUT2D eigenvalue weighted by Crippen LogP contribution is -1.94. The Morgan fingerprint density at radius 3 is 2.94 bits per heavy atom. The van der Waals surface area contributed by atoms with Gasteiger partial charge in [-0.05, 0) is 30.5 Å². The van der Waals surface area contributed by atoms with Crippen LogP contribution in [0.5, 0.6) is 0 Å². The highest BCUT2D eigenvalue weighted by atomic mass is 32.1. The molecule has 1 fully saturated rings. The number of carboxylic acids is 1. The lowest BCUT2D eigenvalue weighted by Gasteiger charge is -1.91. The number of carboxylic acid groups (broad SMARTS) is 1. The van der Waals surface area contributed by atoms with Gasteiger partial charge in [0.1, 0.15) is 0 Å². The highest BCUT2D eigenvalue weighted by Crippen LogP contribution is 2.48. The maximum absolute atomic E-state index is 10.8. The van der Waals surface area contributed by atoms with Crippen LogP contribution < -0.4 is 0 Å². The molecule has 16 heavy (non-hydrogen) atoms. The number of nitrogens with zero attached hydrogens (tertiary/aromatic N) is 1. The summed E-state index contributed by atoms with van der Waals surface area (Å²) < 4.78 is 0.981. The van der Waals surface area contributed by atoms with E-state index in [9.17, 15) is 4.79 Å². The highest BCUT2D eigenvalue weighted by molar-refractivity contribution is 7.18. The molecule has 4 heteroatoms. The number of fused-ring (bicyclic) bond motifs is 1. The lowest BCUT2D eigenvalue weighted by molar-refractivity contribution is 0.0697. The second kappa shape index (κ2) is 3.28. The van der Waals surface area contributed by atoms with Gasteiger partial charge in [0.25, 0.3) is 0 Å². The molecule has 2 unspecified atom stereocenters. The lowest BCUT2D eigenvalue weighted by atomic mass is 10.2. The molecular formula is C12H11NO2S. The van der Waals surface area contributed by atoms with Crippen molar-refractivity contribution in [3.63, 3.8) is 0 Å². The third-order valence-electron chi connectivity index (χ3n) is 3.08. The van der Waals surface area contributed by atoms with Crippen molar-refractivity contribution >= 4 is 27.5 Å². The number of aromatic nitrogens is 1.